The predicted octanol–water partition coefficient (Wildman–Crippen LogP) is 3.03. The molecule has 0 atom stereocenters. The van der Waals surface area contributed by atoms with E-state index < -0.39 is 0 Å². The summed E-state index contributed by atoms with van der Waals surface area (Å²) in [4.78, 5) is 4.63. The lowest BCUT2D eigenvalue weighted by Gasteiger charge is -2.21. The van der Waals surface area contributed by atoms with E-state index in [0.717, 1.165) is 42.9 Å². The average Bonchev–Trinajstić information content (AvgIpc) is 3.32. The third-order valence-electron chi connectivity index (χ3n) is 4.99. The second-order valence-corrected chi connectivity index (χ2v) is 8.37. The molecule has 0 saturated heterocycles. The molecule has 0 spiro atoms. The minimum absolute atomic E-state index is 0.256. The molecular formula is C19H36N6OS. The van der Waals surface area contributed by atoms with Gasteiger partial charge in [-0.1, -0.05) is 24.6 Å². The number of ether oxygens (including phenoxy) is 1. The van der Waals surface area contributed by atoms with Crippen LogP contribution in [0.4, 0.5) is 0 Å². The zero-order valence-corrected chi connectivity index (χ0v) is 18.4. The summed E-state index contributed by atoms with van der Waals surface area (Å²) in [5.41, 5.74) is -0.256. The van der Waals surface area contributed by atoms with Gasteiger partial charge in [0, 0.05) is 32.7 Å². The fourth-order valence-electron chi connectivity index (χ4n) is 3.28. The fourth-order valence-corrected chi connectivity index (χ4v) is 3.85. The van der Waals surface area contributed by atoms with Crippen LogP contribution in [0.2, 0.25) is 0 Å². The molecule has 1 saturated carbocycles. The molecular weight excluding hydrogens is 360 g/mol. The van der Waals surface area contributed by atoms with Crippen LogP contribution in [0.3, 0.4) is 0 Å². The van der Waals surface area contributed by atoms with Gasteiger partial charge in [-0.15, -0.1) is 10.2 Å². The lowest BCUT2D eigenvalue weighted by atomic mass is 10.1. The first-order chi connectivity index (χ1) is 13.0. The smallest absolute Gasteiger partial charge is 0.191 e. The number of rotatable bonds is 10. The molecule has 154 valence electrons. The zero-order chi connectivity index (χ0) is 19.7. The van der Waals surface area contributed by atoms with Crippen molar-refractivity contribution in [3.05, 3.63) is 5.82 Å². The zero-order valence-electron chi connectivity index (χ0n) is 17.5. The number of thioether (sulfide) groups is 1. The van der Waals surface area contributed by atoms with Crippen molar-refractivity contribution in [2.45, 2.75) is 76.1 Å². The van der Waals surface area contributed by atoms with Crippen LogP contribution in [-0.2, 0) is 11.2 Å². The molecule has 8 heteroatoms. The Morgan fingerprint density at radius 2 is 2.04 bits per heavy atom. The lowest BCUT2D eigenvalue weighted by molar-refractivity contribution is 0.0310. The molecule has 1 aromatic rings. The van der Waals surface area contributed by atoms with Crippen LogP contribution in [0.15, 0.2) is 10.1 Å². The first-order valence-corrected chi connectivity index (χ1v) is 11.3. The fraction of sp³-hybridized carbons (Fsp3) is 0.842. The standard InChI is InChI=1S/C19H36N6OS/c1-6-20-17(22-14-19(2,3)26-4)21-13-9-12-16-23-24-18(27-5)25(16)15-10-7-8-11-15/h15H,6-14H2,1-5H3,(H2,20,21,22). The maximum Gasteiger partial charge on any atom is 0.191 e. The summed E-state index contributed by atoms with van der Waals surface area (Å²) >= 11 is 1.70. The van der Waals surface area contributed by atoms with E-state index in [1.165, 1.54) is 25.7 Å². The van der Waals surface area contributed by atoms with Gasteiger partial charge in [0.25, 0.3) is 0 Å². The summed E-state index contributed by atoms with van der Waals surface area (Å²) in [6.07, 6.45) is 9.15. The molecule has 0 aromatic carbocycles. The summed E-state index contributed by atoms with van der Waals surface area (Å²) in [6, 6.07) is 0.584. The summed E-state index contributed by atoms with van der Waals surface area (Å²) in [7, 11) is 1.72. The molecule has 1 aliphatic carbocycles. The summed E-state index contributed by atoms with van der Waals surface area (Å²) in [6.45, 7) is 8.47. The monoisotopic (exact) mass is 396 g/mol. The normalized spacial score (nSPS) is 16.1. The summed E-state index contributed by atoms with van der Waals surface area (Å²) in [5, 5.41) is 16.6. The molecule has 2 rings (SSSR count). The minimum atomic E-state index is -0.256. The molecule has 1 heterocycles. The van der Waals surface area contributed by atoms with E-state index in [9.17, 15) is 0 Å². The van der Waals surface area contributed by atoms with E-state index in [1.54, 1.807) is 18.9 Å². The quantitative estimate of drug-likeness (QED) is 0.274. The molecule has 27 heavy (non-hydrogen) atoms. The molecule has 0 radical (unpaired) electrons. The molecule has 7 nitrogen and oxygen atoms in total. The van der Waals surface area contributed by atoms with Gasteiger partial charge in [0.2, 0.25) is 0 Å². The molecule has 1 fully saturated rings. The Labute approximate surface area is 168 Å². The summed E-state index contributed by atoms with van der Waals surface area (Å²) in [5.74, 6) is 1.96. The van der Waals surface area contributed by atoms with Gasteiger partial charge in [-0.3, -0.25) is 4.99 Å². The Balaban J connectivity index is 1.88. The van der Waals surface area contributed by atoms with Crippen molar-refractivity contribution in [2.75, 3.05) is 33.0 Å². The number of aromatic nitrogens is 3. The second kappa shape index (κ2) is 10.9. The van der Waals surface area contributed by atoms with Gasteiger partial charge >= 0.3 is 0 Å². The SMILES string of the molecule is CCNC(=NCC(C)(C)OC)NCCCc1nnc(SC)n1C1CCCC1. The number of hydrogen-bond donors (Lipinski definition) is 2. The van der Waals surface area contributed by atoms with E-state index in [2.05, 4.69) is 43.6 Å². The molecule has 0 aliphatic heterocycles. The molecule has 1 aliphatic rings. The van der Waals surface area contributed by atoms with E-state index in [0.29, 0.717) is 12.6 Å². The van der Waals surface area contributed by atoms with Crippen molar-refractivity contribution in [2.24, 2.45) is 4.99 Å². The number of methoxy groups -OCH3 is 1. The molecule has 0 unspecified atom stereocenters. The van der Waals surface area contributed by atoms with E-state index in [1.807, 2.05) is 13.8 Å². The van der Waals surface area contributed by atoms with Crippen LogP contribution < -0.4 is 10.6 Å². The van der Waals surface area contributed by atoms with Gasteiger partial charge in [0.15, 0.2) is 11.1 Å². The molecule has 0 amide bonds. The Hall–Kier alpha value is -1.28. The predicted molar refractivity (Wildman–Crippen MR) is 113 cm³/mol. The molecule has 1 aromatic heterocycles. The van der Waals surface area contributed by atoms with Crippen LogP contribution in [0.1, 0.15) is 64.7 Å². The van der Waals surface area contributed by atoms with Gasteiger partial charge in [0.1, 0.15) is 5.82 Å². The van der Waals surface area contributed by atoms with Gasteiger partial charge in [-0.2, -0.15) is 0 Å². The van der Waals surface area contributed by atoms with E-state index in [-0.39, 0.29) is 5.60 Å². The third kappa shape index (κ3) is 6.68. The first kappa shape index (κ1) is 22.0. The van der Waals surface area contributed by atoms with E-state index >= 15 is 0 Å². The lowest BCUT2D eigenvalue weighted by Crippen LogP contribution is -2.39. The van der Waals surface area contributed by atoms with Crippen molar-refractivity contribution < 1.29 is 4.74 Å². The number of aryl methyl sites for hydroxylation is 1. The Morgan fingerprint density at radius 1 is 1.30 bits per heavy atom. The number of nitrogens with zero attached hydrogens (tertiary/aromatic N) is 4. The van der Waals surface area contributed by atoms with Crippen LogP contribution in [-0.4, -0.2) is 59.3 Å². The maximum absolute atomic E-state index is 5.44. The number of aliphatic imine (C=N–C) groups is 1. The molecule has 0 bridgehead atoms. The van der Waals surface area contributed by atoms with Crippen LogP contribution in [0, 0.1) is 0 Å². The molecule has 2 N–H and O–H groups in total. The largest absolute Gasteiger partial charge is 0.377 e. The highest BCUT2D eigenvalue weighted by Crippen LogP contribution is 2.33. The van der Waals surface area contributed by atoms with Gasteiger partial charge < -0.3 is 19.9 Å². The number of hydrogen-bond acceptors (Lipinski definition) is 5. The average molecular weight is 397 g/mol. The third-order valence-corrected chi connectivity index (χ3v) is 5.64. The van der Waals surface area contributed by atoms with Crippen molar-refractivity contribution in [3.8, 4) is 0 Å². The Morgan fingerprint density at radius 3 is 2.67 bits per heavy atom. The Bertz CT molecular complexity index is 595. The van der Waals surface area contributed by atoms with Crippen LogP contribution in [0.25, 0.3) is 0 Å². The Kier molecular flexibility index (Phi) is 8.89. The van der Waals surface area contributed by atoms with Gasteiger partial charge in [-0.25, -0.2) is 0 Å². The van der Waals surface area contributed by atoms with Crippen molar-refractivity contribution in [3.63, 3.8) is 0 Å². The highest BCUT2D eigenvalue weighted by Gasteiger charge is 2.23. The van der Waals surface area contributed by atoms with Crippen LogP contribution in [0.5, 0.6) is 0 Å². The van der Waals surface area contributed by atoms with Crippen molar-refractivity contribution in [1.29, 1.82) is 0 Å². The van der Waals surface area contributed by atoms with Gasteiger partial charge in [0.05, 0.1) is 12.1 Å². The number of guanidine groups is 1. The maximum atomic E-state index is 5.44. The highest BCUT2D eigenvalue weighted by molar-refractivity contribution is 7.98. The summed E-state index contributed by atoms with van der Waals surface area (Å²) < 4.78 is 7.83. The van der Waals surface area contributed by atoms with Crippen molar-refractivity contribution in [1.82, 2.24) is 25.4 Å². The topological polar surface area (TPSA) is 76.4 Å². The minimum Gasteiger partial charge on any atom is -0.377 e. The van der Waals surface area contributed by atoms with E-state index in [4.69, 9.17) is 4.74 Å². The first-order valence-electron chi connectivity index (χ1n) is 10.1. The number of nitrogens with one attached hydrogen (secondary N) is 2. The van der Waals surface area contributed by atoms with Gasteiger partial charge in [-0.05, 0) is 46.3 Å². The highest BCUT2D eigenvalue weighted by atomic mass is 32.2. The second-order valence-electron chi connectivity index (χ2n) is 7.60. The van der Waals surface area contributed by atoms with Crippen molar-refractivity contribution >= 4 is 17.7 Å². The van der Waals surface area contributed by atoms with Crippen LogP contribution >= 0.6 is 11.8 Å².